The third kappa shape index (κ3) is 2.84. The summed E-state index contributed by atoms with van der Waals surface area (Å²) in [6.45, 7) is 6.63. The molecule has 0 aromatic carbocycles. The molecule has 0 radical (unpaired) electrons. The minimum absolute atomic E-state index is 0.0511. The topological polar surface area (TPSA) is 30.7 Å². The fraction of sp³-hybridized carbons (Fsp3) is 0.846. The maximum Gasteiger partial charge on any atom is 0.151 e. The molecule has 3 nitrogen and oxygen atoms in total. The minimum atomic E-state index is 0.0511. The number of aromatic nitrogens is 3. The Labute approximate surface area is 108 Å². The first kappa shape index (κ1) is 12.9. The first-order valence-electron chi connectivity index (χ1n) is 6.47. The van der Waals surface area contributed by atoms with Crippen molar-refractivity contribution in [3.8, 4) is 0 Å². The average molecular weight is 253 g/mol. The molecule has 1 saturated carbocycles. The summed E-state index contributed by atoms with van der Waals surface area (Å²) in [5.74, 6) is 4.01. The lowest BCUT2D eigenvalue weighted by Crippen LogP contribution is -2.28. The fourth-order valence-electron chi connectivity index (χ4n) is 2.09. The van der Waals surface area contributed by atoms with Crippen LogP contribution >= 0.6 is 11.8 Å². The van der Waals surface area contributed by atoms with Crippen molar-refractivity contribution in [3.05, 3.63) is 11.6 Å². The fourth-order valence-corrected chi connectivity index (χ4v) is 2.48. The van der Waals surface area contributed by atoms with Gasteiger partial charge in [0, 0.05) is 18.1 Å². The molecule has 0 N–H and O–H groups in total. The molecule has 0 amide bonds. The van der Waals surface area contributed by atoms with Crippen LogP contribution in [0.5, 0.6) is 0 Å². The van der Waals surface area contributed by atoms with E-state index in [1.165, 1.54) is 25.1 Å². The van der Waals surface area contributed by atoms with Crippen molar-refractivity contribution in [2.24, 2.45) is 0 Å². The Bertz CT molecular complexity index is 375. The summed E-state index contributed by atoms with van der Waals surface area (Å²) < 4.78 is 2.16. The van der Waals surface area contributed by atoms with Gasteiger partial charge in [-0.1, -0.05) is 6.42 Å². The number of rotatable bonds is 4. The van der Waals surface area contributed by atoms with Crippen LogP contribution in [0.3, 0.4) is 0 Å². The molecule has 1 heterocycles. The van der Waals surface area contributed by atoms with Crippen molar-refractivity contribution in [2.45, 2.75) is 57.9 Å². The molecule has 1 aromatic rings. The maximum absolute atomic E-state index is 4.77. The molecule has 1 aromatic heterocycles. The van der Waals surface area contributed by atoms with E-state index in [0.29, 0.717) is 5.92 Å². The Morgan fingerprint density at radius 1 is 1.35 bits per heavy atom. The van der Waals surface area contributed by atoms with E-state index in [9.17, 15) is 0 Å². The van der Waals surface area contributed by atoms with Gasteiger partial charge in [-0.3, -0.25) is 0 Å². The largest absolute Gasteiger partial charge is 0.244 e. The SMILES string of the molecule is CSCCc1nc(C2CCC2)n(C(C)(C)C)n1. The standard InChI is InChI=1S/C13H23N3S/c1-13(2,3)16-12(10-6-5-7-10)14-11(15-16)8-9-17-4/h10H,5-9H2,1-4H3. The van der Waals surface area contributed by atoms with Crippen LogP contribution in [-0.4, -0.2) is 26.8 Å². The first-order chi connectivity index (χ1) is 8.02. The van der Waals surface area contributed by atoms with Gasteiger partial charge in [0.2, 0.25) is 0 Å². The molecule has 2 rings (SSSR count). The lowest BCUT2D eigenvalue weighted by Gasteiger charge is -2.29. The highest BCUT2D eigenvalue weighted by Gasteiger charge is 2.29. The molecule has 1 aliphatic carbocycles. The van der Waals surface area contributed by atoms with Gasteiger partial charge in [0.15, 0.2) is 5.82 Å². The molecule has 17 heavy (non-hydrogen) atoms. The van der Waals surface area contributed by atoms with E-state index in [2.05, 4.69) is 31.7 Å². The van der Waals surface area contributed by atoms with Gasteiger partial charge >= 0.3 is 0 Å². The van der Waals surface area contributed by atoms with Gasteiger partial charge in [-0.15, -0.1) is 0 Å². The zero-order valence-electron chi connectivity index (χ0n) is 11.4. The third-order valence-corrected chi connectivity index (χ3v) is 3.92. The summed E-state index contributed by atoms with van der Waals surface area (Å²) in [4.78, 5) is 4.77. The number of hydrogen-bond acceptors (Lipinski definition) is 3. The Hall–Kier alpha value is -0.510. The van der Waals surface area contributed by atoms with Crippen LogP contribution in [-0.2, 0) is 12.0 Å². The number of thioether (sulfide) groups is 1. The zero-order valence-corrected chi connectivity index (χ0v) is 12.2. The summed E-state index contributed by atoms with van der Waals surface area (Å²) in [6, 6.07) is 0. The monoisotopic (exact) mass is 253 g/mol. The van der Waals surface area contributed by atoms with Crippen LogP contribution in [0.25, 0.3) is 0 Å². The van der Waals surface area contributed by atoms with Gasteiger partial charge < -0.3 is 0 Å². The first-order valence-corrected chi connectivity index (χ1v) is 7.87. The summed E-state index contributed by atoms with van der Waals surface area (Å²) in [7, 11) is 0. The van der Waals surface area contributed by atoms with Crippen LogP contribution in [0.4, 0.5) is 0 Å². The van der Waals surface area contributed by atoms with Crippen LogP contribution in [0.1, 0.15) is 57.6 Å². The van der Waals surface area contributed by atoms with Crippen LogP contribution < -0.4 is 0 Å². The Morgan fingerprint density at radius 3 is 2.53 bits per heavy atom. The van der Waals surface area contributed by atoms with Gasteiger partial charge in [0.1, 0.15) is 5.82 Å². The molecule has 1 fully saturated rings. The quantitative estimate of drug-likeness (QED) is 0.825. The molecule has 0 aliphatic heterocycles. The van der Waals surface area contributed by atoms with E-state index in [4.69, 9.17) is 10.1 Å². The predicted octanol–water partition coefficient (Wildman–Crippen LogP) is 3.21. The number of hydrogen-bond donors (Lipinski definition) is 0. The van der Waals surface area contributed by atoms with E-state index in [0.717, 1.165) is 18.0 Å². The molecule has 0 saturated heterocycles. The number of aryl methyl sites for hydroxylation is 1. The molecule has 4 heteroatoms. The van der Waals surface area contributed by atoms with Crippen molar-refractivity contribution < 1.29 is 0 Å². The minimum Gasteiger partial charge on any atom is -0.244 e. The molecule has 0 atom stereocenters. The highest BCUT2D eigenvalue weighted by Crippen LogP contribution is 2.36. The lowest BCUT2D eigenvalue weighted by atomic mass is 9.84. The zero-order chi connectivity index (χ0) is 12.5. The summed E-state index contributed by atoms with van der Waals surface area (Å²) >= 11 is 1.86. The second-order valence-electron chi connectivity index (χ2n) is 5.84. The van der Waals surface area contributed by atoms with Crippen LogP contribution in [0, 0.1) is 0 Å². The van der Waals surface area contributed by atoms with Gasteiger partial charge in [0.05, 0.1) is 5.54 Å². The van der Waals surface area contributed by atoms with Gasteiger partial charge in [-0.2, -0.15) is 16.9 Å². The number of nitrogens with zero attached hydrogens (tertiary/aromatic N) is 3. The van der Waals surface area contributed by atoms with E-state index >= 15 is 0 Å². The third-order valence-electron chi connectivity index (χ3n) is 3.31. The smallest absolute Gasteiger partial charge is 0.151 e. The van der Waals surface area contributed by atoms with E-state index in [1.54, 1.807) is 0 Å². The van der Waals surface area contributed by atoms with E-state index in [1.807, 2.05) is 11.8 Å². The molecule has 0 spiro atoms. The maximum atomic E-state index is 4.77. The van der Waals surface area contributed by atoms with Crippen molar-refractivity contribution in [2.75, 3.05) is 12.0 Å². The van der Waals surface area contributed by atoms with E-state index < -0.39 is 0 Å². The van der Waals surface area contributed by atoms with Crippen molar-refractivity contribution in [3.63, 3.8) is 0 Å². The van der Waals surface area contributed by atoms with Gasteiger partial charge in [-0.05, 0) is 39.9 Å². The molecular formula is C13H23N3S. The molecule has 0 bridgehead atoms. The second-order valence-corrected chi connectivity index (χ2v) is 6.83. The van der Waals surface area contributed by atoms with E-state index in [-0.39, 0.29) is 5.54 Å². The van der Waals surface area contributed by atoms with Crippen LogP contribution in [0.15, 0.2) is 0 Å². The molecule has 1 aliphatic rings. The summed E-state index contributed by atoms with van der Waals surface area (Å²) in [6.07, 6.45) is 7.05. The Morgan fingerprint density at radius 2 is 2.06 bits per heavy atom. The Kier molecular flexibility index (Phi) is 3.81. The second kappa shape index (κ2) is 5.01. The van der Waals surface area contributed by atoms with Crippen molar-refractivity contribution in [1.29, 1.82) is 0 Å². The average Bonchev–Trinajstić information content (AvgIpc) is 2.55. The molecular weight excluding hydrogens is 230 g/mol. The van der Waals surface area contributed by atoms with Gasteiger partial charge in [0.25, 0.3) is 0 Å². The summed E-state index contributed by atoms with van der Waals surface area (Å²) in [5, 5.41) is 4.71. The van der Waals surface area contributed by atoms with Crippen molar-refractivity contribution in [1.82, 2.24) is 14.8 Å². The van der Waals surface area contributed by atoms with Crippen molar-refractivity contribution >= 4 is 11.8 Å². The molecule has 0 unspecified atom stereocenters. The highest BCUT2D eigenvalue weighted by atomic mass is 32.2. The highest BCUT2D eigenvalue weighted by molar-refractivity contribution is 7.98. The molecule has 96 valence electrons. The van der Waals surface area contributed by atoms with Gasteiger partial charge in [-0.25, -0.2) is 9.67 Å². The Balaban J connectivity index is 2.24. The normalized spacial score (nSPS) is 17.2. The lowest BCUT2D eigenvalue weighted by molar-refractivity contribution is 0.301. The van der Waals surface area contributed by atoms with Crippen LogP contribution in [0.2, 0.25) is 0 Å². The summed E-state index contributed by atoms with van der Waals surface area (Å²) in [5.41, 5.74) is 0.0511. The predicted molar refractivity (Wildman–Crippen MR) is 73.7 cm³/mol.